The number of fused-ring (bicyclic) bond motifs is 1. The second-order valence-corrected chi connectivity index (χ2v) is 8.88. The van der Waals surface area contributed by atoms with Crippen LogP contribution in [0.15, 0.2) is 65.1 Å². The summed E-state index contributed by atoms with van der Waals surface area (Å²) in [6, 6.07) is 18.5. The minimum atomic E-state index is -0.539. The molecule has 32 heavy (non-hydrogen) atoms. The van der Waals surface area contributed by atoms with Gasteiger partial charge >= 0.3 is 0 Å². The van der Waals surface area contributed by atoms with Gasteiger partial charge in [-0.15, -0.1) is 0 Å². The van der Waals surface area contributed by atoms with Crippen LogP contribution in [-0.4, -0.2) is 27.5 Å². The normalized spacial score (nSPS) is 11.5. The Morgan fingerprint density at radius 2 is 1.97 bits per heavy atom. The third-order valence-corrected chi connectivity index (χ3v) is 5.81. The Morgan fingerprint density at radius 3 is 2.78 bits per heavy atom. The average molecular weight is 496 g/mol. The summed E-state index contributed by atoms with van der Waals surface area (Å²) in [5, 5.41) is 9.79. The fourth-order valence-electron chi connectivity index (χ4n) is 3.69. The monoisotopic (exact) mass is 495 g/mol. The molecule has 2 N–H and O–H groups in total. The van der Waals surface area contributed by atoms with E-state index in [1.807, 2.05) is 24.3 Å². The number of hydrogen-bond acceptors (Lipinski definition) is 4. The first-order chi connectivity index (χ1) is 15.6. The Balaban J connectivity index is 1.74. The van der Waals surface area contributed by atoms with Crippen molar-refractivity contribution in [2.75, 3.05) is 6.54 Å². The molecule has 2 aromatic carbocycles. The van der Waals surface area contributed by atoms with Gasteiger partial charge in [-0.25, -0.2) is 5.48 Å². The maximum absolute atomic E-state index is 11.3. The summed E-state index contributed by atoms with van der Waals surface area (Å²) in [7, 11) is 0. The van der Waals surface area contributed by atoms with Crippen molar-refractivity contribution < 1.29 is 10.0 Å². The quantitative estimate of drug-likeness (QED) is 0.146. The predicted octanol–water partition coefficient (Wildman–Crippen LogP) is 6.10. The van der Waals surface area contributed by atoms with E-state index >= 15 is 0 Å². The summed E-state index contributed by atoms with van der Waals surface area (Å²) >= 11 is 3.52. The first kappa shape index (κ1) is 24.1. The molecule has 0 aliphatic rings. The lowest BCUT2D eigenvalue weighted by molar-refractivity contribution is -0.124. The number of halogens is 1. The van der Waals surface area contributed by atoms with Crippen LogP contribution in [0.1, 0.15) is 49.4 Å². The van der Waals surface area contributed by atoms with E-state index < -0.39 is 5.91 Å². The van der Waals surface area contributed by atoms with Crippen LogP contribution < -0.4 is 5.48 Å². The Labute approximate surface area is 198 Å². The van der Waals surface area contributed by atoms with Gasteiger partial charge in [-0.2, -0.15) is 0 Å². The zero-order valence-corrected chi connectivity index (χ0v) is 20.0. The first-order valence-corrected chi connectivity index (χ1v) is 11.9. The molecule has 0 fully saturated rings. The van der Waals surface area contributed by atoms with E-state index in [0.717, 1.165) is 52.7 Å². The summed E-state index contributed by atoms with van der Waals surface area (Å²) in [6.07, 6.45) is 7.88. The number of hydroxylamine groups is 1. The fraction of sp³-hybridized carbons (Fsp3) is 0.308. The number of pyridine rings is 1. The molecule has 0 unspecified atom stereocenters. The topological polar surface area (TPSA) is 65.5 Å². The number of unbranched alkanes of at least 4 members (excludes halogenated alkanes) is 3. The minimum absolute atomic E-state index is 0.539. The van der Waals surface area contributed by atoms with Crippen molar-refractivity contribution in [3.05, 3.63) is 82.0 Å². The number of benzene rings is 2. The highest BCUT2D eigenvalue weighted by Crippen LogP contribution is 2.20. The maximum atomic E-state index is 11.3. The van der Waals surface area contributed by atoms with Gasteiger partial charge in [0.2, 0.25) is 0 Å². The van der Waals surface area contributed by atoms with Gasteiger partial charge in [0.25, 0.3) is 5.91 Å². The summed E-state index contributed by atoms with van der Waals surface area (Å²) in [6.45, 7) is 4.82. The van der Waals surface area contributed by atoms with E-state index in [2.05, 4.69) is 58.1 Å². The van der Waals surface area contributed by atoms with E-state index in [1.54, 1.807) is 11.6 Å². The van der Waals surface area contributed by atoms with Crippen LogP contribution in [-0.2, 0) is 17.9 Å². The molecule has 0 saturated heterocycles. The maximum Gasteiger partial charge on any atom is 0.267 e. The second-order valence-electron chi connectivity index (χ2n) is 7.97. The number of hydrogen-bond donors (Lipinski definition) is 2. The summed E-state index contributed by atoms with van der Waals surface area (Å²) in [5.41, 5.74) is 5.78. The average Bonchev–Trinajstić information content (AvgIpc) is 2.80. The number of nitrogens with one attached hydrogen (secondary N) is 1. The molecule has 0 saturated carbocycles. The fourth-order valence-corrected chi connectivity index (χ4v) is 4.07. The van der Waals surface area contributed by atoms with Crippen LogP contribution in [0.3, 0.4) is 0 Å². The van der Waals surface area contributed by atoms with E-state index in [0.29, 0.717) is 0 Å². The molecule has 3 rings (SSSR count). The molecular formula is C26H30BrN3O2. The van der Waals surface area contributed by atoms with Gasteiger partial charge in [0.1, 0.15) is 0 Å². The lowest BCUT2D eigenvalue weighted by atomic mass is 10.1. The smallest absolute Gasteiger partial charge is 0.267 e. The highest BCUT2D eigenvalue weighted by Gasteiger charge is 2.10. The van der Waals surface area contributed by atoms with Gasteiger partial charge in [0.05, 0.1) is 11.2 Å². The molecule has 5 nitrogen and oxygen atoms in total. The Morgan fingerprint density at radius 1 is 1.09 bits per heavy atom. The van der Waals surface area contributed by atoms with Crippen molar-refractivity contribution in [1.82, 2.24) is 15.4 Å². The van der Waals surface area contributed by atoms with Crippen LogP contribution >= 0.6 is 15.9 Å². The standard InChI is InChI=1S/C26H30BrN3O2/c1-2-3-4-5-15-30(18-21-8-6-7-20(16-21)9-14-26(31)29-32)19-24-12-10-22-17-23(27)11-13-25(22)28-24/h6-14,16-17,32H,2-5,15,18-19H2,1H3,(H,29,31)/b14-9+. The van der Waals surface area contributed by atoms with Crippen LogP contribution in [0.25, 0.3) is 17.0 Å². The predicted molar refractivity (Wildman–Crippen MR) is 133 cm³/mol. The Kier molecular flexibility index (Phi) is 9.41. The van der Waals surface area contributed by atoms with Crippen LogP contribution in [0.5, 0.6) is 0 Å². The third kappa shape index (κ3) is 7.55. The summed E-state index contributed by atoms with van der Waals surface area (Å²) in [5.74, 6) is -0.539. The molecule has 1 amide bonds. The van der Waals surface area contributed by atoms with Crippen LogP contribution in [0.4, 0.5) is 0 Å². The van der Waals surface area contributed by atoms with E-state index in [1.165, 1.54) is 30.9 Å². The van der Waals surface area contributed by atoms with Crippen molar-refractivity contribution in [2.24, 2.45) is 0 Å². The molecule has 3 aromatic rings. The Hall–Kier alpha value is -2.54. The molecule has 6 heteroatoms. The molecule has 0 radical (unpaired) electrons. The van der Waals surface area contributed by atoms with Gasteiger partial charge in [0.15, 0.2) is 0 Å². The minimum Gasteiger partial charge on any atom is -0.293 e. The summed E-state index contributed by atoms with van der Waals surface area (Å²) < 4.78 is 1.06. The lowest BCUT2D eigenvalue weighted by Crippen LogP contribution is -2.24. The molecular weight excluding hydrogens is 466 g/mol. The number of aromatic nitrogens is 1. The van der Waals surface area contributed by atoms with Gasteiger partial charge in [-0.3, -0.25) is 19.9 Å². The second kappa shape index (κ2) is 12.5. The Bertz CT molecular complexity index is 1070. The van der Waals surface area contributed by atoms with Gasteiger partial charge in [-0.1, -0.05) is 72.4 Å². The van der Waals surface area contributed by atoms with Gasteiger partial charge in [0, 0.05) is 29.0 Å². The van der Waals surface area contributed by atoms with Crippen molar-refractivity contribution in [1.29, 1.82) is 0 Å². The van der Waals surface area contributed by atoms with Crippen molar-refractivity contribution >= 4 is 38.8 Å². The van der Waals surface area contributed by atoms with Crippen molar-refractivity contribution in [3.8, 4) is 0 Å². The summed E-state index contributed by atoms with van der Waals surface area (Å²) in [4.78, 5) is 18.6. The third-order valence-electron chi connectivity index (χ3n) is 5.32. The van der Waals surface area contributed by atoms with E-state index in [4.69, 9.17) is 10.2 Å². The molecule has 1 heterocycles. The largest absolute Gasteiger partial charge is 0.293 e. The SMILES string of the molecule is CCCCCCN(Cc1cccc(/C=C/C(=O)NO)c1)Cc1ccc2cc(Br)ccc2n1. The van der Waals surface area contributed by atoms with Gasteiger partial charge < -0.3 is 0 Å². The van der Waals surface area contributed by atoms with Crippen LogP contribution in [0.2, 0.25) is 0 Å². The van der Waals surface area contributed by atoms with E-state index in [9.17, 15) is 4.79 Å². The molecule has 168 valence electrons. The number of nitrogens with zero attached hydrogens (tertiary/aromatic N) is 2. The zero-order chi connectivity index (χ0) is 22.8. The zero-order valence-electron chi connectivity index (χ0n) is 18.4. The lowest BCUT2D eigenvalue weighted by Gasteiger charge is -2.22. The molecule has 0 aliphatic carbocycles. The number of rotatable bonds is 11. The van der Waals surface area contributed by atoms with Crippen molar-refractivity contribution in [2.45, 2.75) is 45.7 Å². The molecule has 0 aliphatic heterocycles. The number of carbonyl (C=O) groups excluding carboxylic acids is 1. The highest BCUT2D eigenvalue weighted by atomic mass is 79.9. The molecule has 1 aromatic heterocycles. The highest BCUT2D eigenvalue weighted by molar-refractivity contribution is 9.10. The number of carbonyl (C=O) groups is 1. The molecule has 0 spiro atoms. The van der Waals surface area contributed by atoms with Crippen LogP contribution in [0, 0.1) is 0 Å². The molecule has 0 atom stereocenters. The first-order valence-electron chi connectivity index (χ1n) is 11.1. The van der Waals surface area contributed by atoms with Crippen molar-refractivity contribution in [3.63, 3.8) is 0 Å². The number of amides is 1. The van der Waals surface area contributed by atoms with Gasteiger partial charge in [-0.05, 0) is 54.4 Å². The van der Waals surface area contributed by atoms with E-state index in [-0.39, 0.29) is 0 Å². The molecule has 0 bridgehead atoms.